The molecule has 2 aromatic carbocycles. The minimum atomic E-state index is -0.159. The van der Waals surface area contributed by atoms with Crippen molar-refractivity contribution in [3.63, 3.8) is 0 Å². The van der Waals surface area contributed by atoms with Gasteiger partial charge in [0, 0.05) is 23.9 Å². The zero-order chi connectivity index (χ0) is 18.4. The number of rotatable bonds is 6. The van der Waals surface area contributed by atoms with Gasteiger partial charge in [0.15, 0.2) is 0 Å². The quantitative estimate of drug-likeness (QED) is 0.738. The van der Waals surface area contributed by atoms with Crippen LogP contribution in [0.2, 0.25) is 0 Å². The molecule has 0 saturated heterocycles. The van der Waals surface area contributed by atoms with Gasteiger partial charge in [0.25, 0.3) is 5.91 Å². The second kappa shape index (κ2) is 8.16. The third-order valence-corrected chi connectivity index (χ3v) is 4.03. The van der Waals surface area contributed by atoms with Crippen LogP contribution in [0.15, 0.2) is 66.9 Å². The lowest BCUT2D eigenvalue weighted by atomic mass is 10.1. The highest BCUT2D eigenvalue weighted by atomic mass is 16.5. The molecule has 0 spiro atoms. The fourth-order valence-corrected chi connectivity index (χ4v) is 2.63. The summed E-state index contributed by atoms with van der Waals surface area (Å²) in [6.45, 7) is 0.380. The number of benzene rings is 2. The first-order chi connectivity index (χ1) is 12.7. The van der Waals surface area contributed by atoms with Crippen LogP contribution in [-0.4, -0.2) is 25.1 Å². The zero-order valence-electron chi connectivity index (χ0n) is 14.7. The molecule has 26 heavy (non-hydrogen) atoms. The second-order valence-corrected chi connectivity index (χ2v) is 5.65. The van der Waals surface area contributed by atoms with Gasteiger partial charge in [-0.05, 0) is 54.1 Å². The Kier molecular flexibility index (Phi) is 5.49. The van der Waals surface area contributed by atoms with Gasteiger partial charge in [0.2, 0.25) is 0 Å². The molecule has 0 bridgehead atoms. The molecule has 0 aliphatic rings. The molecule has 0 aliphatic carbocycles. The monoisotopic (exact) mass is 348 g/mol. The van der Waals surface area contributed by atoms with Gasteiger partial charge in [-0.1, -0.05) is 12.1 Å². The number of amides is 1. The first-order valence-corrected chi connectivity index (χ1v) is 8.22. The summed E-state index contributed by atoms with van der Waals surface area (Å²) in [5.41, 5.74) is 3.30. The van der Waals surface area contributed by atoms with Crippen LogP contribution < -0.4 is 14.8 Å². The summed E-state index contributed by atoms with van der Waals surface area (Å²) < 4.78 is 10.4. The maximum absolute atomic E-state index is 12.4. The lowest BCUT2D eigenvalue weighted by Crippen LogP contribution is -2.23. The van der Waals surface area contributed by atoms with Crippen LogP contribution in [0.3, 0.4) is 0 Å². The van der Waals surface area contributed by atoms with E-state index in [-0.39, 0.29) is 5.91 Å². The molecule has 0 aliphatic heterocycles. The van der Waals surface area contributed by atoms with Gasteiger partial charge in [0.05, 0.1) is 19.9 Å². The molecule has 1 N–H and O–H groups in total. The van der Waals surface area contributed by atoms with E-state index >= 15 is 0 Å². The minimum absolute atomic E-state index is 0.159. The summed E-state index contributed by atoms with van der Waals surface area (Å²) in [7, 11) is 3.21. The molecule has 5 nitrogen and oxygen atoms in total. The van der Waals surface area contributed by atoms with Crippen LogP contribution in [0, 0.1) is 0 Å². The van der Waals surface area contributed by atoms with Crippen LogP contribution in [0.1, 0.15) is 15.9 Å². The highest BCUT2D eigenvalue weighted by Crippen LogP contribution is 2.23. The Labute approximate surface area is 152 Å². The van der Waals surface area contributed by atoms with E-state index < -0.39 is 0 Å². The van der Waals surface area contributed by atoms with E-state index in [0.29, 0.717) is 17.9 Å². The van der Waals surface area contributed by atoms with Gasteiger partial charge < -0.3 is 14.8 Å². The van der Waals surface area contributed by atoms with Crippen LogP contribution in [-0.2, 0) is 6.54 Å². The minimum Gasteiger partial charge on any atom is -0.497 e. The van der Waals surface area contributed by atoms with E-state index in [4.69, 9.17) is 9.47 Å². The van der Waals surface area contributed by atoms with Crippen molar-refractivity contribution in [2.45, 2.75) is 6.54 Å². The normalized spacial score (nSPS) is 10.2. The van der Waals surface area contributed by atoms with Gasteiger partial charge in [-0.15, -0.1) is 0 Å². The number of carbonyl (C=O) groups is 1. The van der Waals surface area contributed by atoms with Gasteiger partial charge in [-0.2, -0.15) is 0 Å². The van der Waals surface area contributed by atoms with E-state index in [9.17, 15) is 4.79 Å². The molecule has 3 rings (SSSR count). The summed E-state index contributed by atoms with van der Waals surface area (Å²) in [6, 6.07) is 18.6. The van der Waals surface area contributed by atoms with E-state index in [1.54, 1.807) is 44.7 Å². The number of nitrogens with zero attached hydrogens (tertiary/aromatic N) is 1. The zero-order valence-corrected chi connectivity index (χ0v) is 14.7. The van der Waals surface area contributed by atoms with Crippen molar-refractivity contribution in [2.24, 2.45) is 0 Å². The van der Waals surface area contributed by atoms with E-state index in [1.807, 2.05) is 36.4 Å². The molecule has 0 fully saturated rings. The fraction of sp³-hybridized carbons (Fsp3) is 0.143. The Bertz CT molecular complexity index is 892. The van der Waals surface area contributed by atoms with Gasteiger partial charge in [0.1, 0.15) is 11.5 Å². The van der Waals surface area contributed by atoms with Crippen LogP contribution in [0.5, 0.6) is 11.5 Å². The van der Waals surface area contributed by atoms with Gasteiger partial charge >= 0.3 is 0 Å². The van der Waals surface area contributed by atoms with Crippen LogP contribution in [0.25, 0.3) is 11.3 Å². The second-order valence-electron chi connectivity index (χ2n) is 5.65. The first kappa shape index (κ1) is 17.5. The summed E-state index contributed by atoms with van der Waals surface area (Å²) in [4.78, 5) is 16.9. The molecule has 5 heteroatoms. The number of carbonyl (C=O) groups excluding carboxylic acids is 1. The van der Waals surface area contributed by atoms with Crippen molar-refractivity contribution >= 4 is 5.91 Å². The number of aromatic nitrogens is 1. The maximum atomic E-state index is 12.4. The molecule has 1 aromatic heterocycles. The lowest BCUT2D eigenvalue weighted by Gasteiger charge is -2.11. The SMILES string of the molecule is COc1ccc(-c2ncccc2CNC(=O)c2cccc(OC)c2)cc1. The smallest absolute Gasteiger partial charge is 0.251 e. The molecule has 0 radical (unpaired) electrons. The fourth-order valence-electron chi connectivity index (χ4n) is 2.63. The Hall–Kier alpha value is -3.34. The predicted molar refractivity (Wildman–Crippen MR) is 100 cm³/mol. The van der Waals surface area contributed by atoms with Crippen LogP contribution in [0.4, 0.5) is 0 Å². The first-order valence-electron chi connectivity index (χ1n) is 8.22. The molecule has 0 saturated carbocycles. The third kappa shape index (κ3) is 4.00. The Morgan fingerprint density at radius 1 is 0.962 bits per heavy atom. The van der Waals surface area contributed by atoms with Crippen LogP contribution >= 0.6 is 0 Å². The van der Waals surface area contributed by atoms with Gasteiger partial charge in [-0.3, -0.25) is 9.78 Å². The number of hydrogen-bond acceptors (Lipinski definition) is 4. The van der Waals surface area contributed by atoms with Crippen molar-refractivity contribution in [1.82, 2.24) is 10.3 Å². The topological polar surface area (TPSA) is 60.5 Å². The molecule has 1 amide bonds. The number of ether oxygens (including phenoxy) is 2. The molecule has 1 heterocycles. The highest BCUT2D eigenvalue weighted by molar-refractivity contribution is 5.94. The van der Waals surface area contributed by atoms with E-state index in [2.05, 4.69) is 10.3 Å². The maximum Gasteiger partial charge on any atom is 0.251 e. The van der Waals surface area contributed by atoms with Gasteiger partial charge in [-0.25, -0.2) is 0 Å². The number of pyridine rings is 1. The molecule has 0 atom stereocenters. The van der Waals surface area contributed by atoms with Crippen molar-refractivity contribution < 1.29 is 14.3 Å². The summed E-state index contributed by atoms with van der Waals surface area (Å²) >= 11 is 0. The van der Waals surface area contributed by atoms with Crippen molar-refractivity contribution in [2.75, 3.05) is 14.2 Å². The van der Waals surface area contributed by atoms with E-state index in [0.717, 1.165) is 22.6 Å². The lowest BCUT2D eigenvalue weighted by molar-refractivity contribution is 0.0950. The molecular formula is C21H20N2O3. The Morgan fingerprint density at radius 2 is 1.73 bits per heavy atom. The average Bonchev–Trinajstić information content (AvgIpc) is 2.72. The average molecular weight is 348 g/mol. The predicted octanol–water partition coefficient (Wildman–Crippen LogP) is 3.70. The van der Waals surface area contributed by atoms with Crippen molar-refractivity contribution in [3.8, 4) is 22.8 Å². The number of nitrogens with one attached hydrogen (secondary N) is 1. The molecular weight excluding hydrogens is 328 g/mol. The number of hydrogen-bond donors (Lipinski definition) is 1. The molecule has 132 valence electrons. The summed E-state index contributed by atoms with van der Waals surface area (Å²) in [5.74, 6) is 1.28. The third-order valence-electron chi connectivity index (χ3n) is 4.03. The summed E-state index contributed by atoms with van der Waals surface area (Å²) in [6.07, 6.45) is 1.74. The van der Waals surface area contributed by atoms with Crippen molar-refractivity contribution in [1.29, 1.82) is 0 Å². The molecule has 0 unspecified atom stereocenters. The standard InChI is InChI=1S/C21H20N2O3/c1-25-18-10-8-15(9-11-18)20-17(6-4-12-22-20)14-23-21(24)16-5-3-7-19(13-16)26-2/h3-13H,14H2,1-2H3,(H,23,24). The largest absolute Gasteiger partial charge is 0.497 e. The van der Waals surface area contributed by atoms with E-state index in [1.165, 1.54) is 0 Å². The summed E-state index contributed by atoms with van der Waals surface area (Å²) in [5, 5.41) is 2.94. The Balaban J connectivity index is 1.76. The Morgan fingerprint density at radius 3 is 2.46 bits per heavy atom. The highest BCUT2D eigenvalue weighted by Gasteiger charge is 2.10. The number of methoxy groups -OCH3 is 2. The van der Waals surface area contributed by atoms with Crippen molar-refractivity contribution in [3.05, 3.63) is 78.0 Å². The molecule has 3 aromatic rings.